The lowest BCUT2D eigenvalue weighted by Gasteiger charge is -2.16. The Morgan fingerprint density at radius 3 is 2.76 bits per heavy atom. The Bertz CT molecular complexity index is 572. The van der Waals surface area contributed by atoms with Gasteiger partial charge in [0.05, 0.1) is 12.5 Å². The Morgan fingerprint density at radius 1 is 1.19 bits per heavy atom. The first-order valence-electron chi connectivity index (χ1n) is 7.56. The lowest BCUT2D eigenvalue weighted by atomic mass is 10.1. The van der Waals surface area contributed by atoms with E-state index in [1.165, 1.54) is 10.5 Å². The lowest BCUT2D eigenvalue weighted by Crippen LogP contribution is -2.43. The van der Waals surface area contributed by atoms with Crippen LogP contribution in [0.2, 0.25) is 0 Å². The van der Waals surface area contributed by atoms with Crippen molar-refractivity contribution >= 4 is 11.8 Å². The fourth-order valence-electron chi connectivity index (χ4n) is 3.17. The Morgan fingerprint density at radius 2 is 2.00 bits per heavy atom. The molecular formula is C16H18N2O3. The molecule has 0 radical (unpaired) electrons. The van der Waals surface area contributed by atoms with Crippen molar-refractivity contribution < 1.29 is 14.3 Å². The van der Waals surface area contributed by atoms with E-state index in [0.29, 0.717) is 6.54 Å². The molecule has 4 rings (SSSR count). The number of imide groups is 1. The van der Waals surface area contributed by atoms with Crippen LogP contribution in [-0.4, -0.2) is 41.4 Å². The smallest absolute Gasteiger partial charge is 0.247 e. The second-order valence-corrected chi connectivity index (χ2v) is 6.05. The number of likely N-dealkylation sites (tertiary alicyclic amines) is 1. The highest BCUT2D eigenvalue weighted by atomic mass is 16.5. The molecule has 5 heteroatoms. The molecule has 2 aliphatic heterocycles. The van der Waals surface area contributed by atoms with Gasteiger partial charge in [-0.2, -0.15) is 0 Å². The number of fused-ring (bicyclic) bond motifs is 1. The third-order valence-electron chi connectivity index (χ3n) is 4.40. The molecule has 5 nitrogen and oxygen atoms in total. The van der Waals surface area contributed by atoms with Gasteiger partial charge in [-0.15, -0.1) is 0 Å². The van der Waals surface area contributed by atoms with Crippen molar-refractivity contribution in [3.05, 3.63) is 29.8 Å². The minimum Gasteiger partial charge on any atom is -0.488 e. The summed E-state index contributed by atoms with van der Waals surface area (Å²) in [5.41, 5.74) is 1.21. The molecule has 2 atom stereocenters. The largest absolute Gasteiger partial charge is 0.488 e. The highest BCUT2D eigenvalue weighted by Crippen LogP contribution is 2.32. The van der Waals surface area contributed by atoms with Gasteiger partial charge in [0.2, 0.25) is 11.8 Å². The molecule has 1 saturated heterocycles. The standard InChI is InChI=1S/C16H18N2O3/c19-15-8-13(16(20)18(15)11-5-6-11)17-9-12-7-10-3-1-2-4-14(10)21-12/h1-4,11-13,17H,5-9H2. The average Bonchev–Trinajstić information content (AvgIpc) is 3.14. The van der Waals surface area contributed by atoms with Gasteiger partial charge in [0.15, 0.2) is 0 Å². The highest BCUT2D eigenvalue weighted by Gasteiger charge is 2.46. The molecule has 1 aliphatic carbocycles. The molecule has 1 aromatic rings. The molecule has 0 aromatic heterocycles. The number of amides is 2. The van der Waals surface area contributed by atoms with Crippen LogP contribution in [-0.2, 0) is 16.0 Å². The first-order chi connectivity index (χ1) is 10.2. The fourth-order valence-corrected chi connectivity index (χ4v) is 3.17. The molecule has 0 bridgehead atoms. The summed E-state index contributed by atoms with van der Waals surface area (Å²) in [6.45, 7) is 0.594. The number of nitrogens with one attached hydrogen (secondary N) is 1. The Hall–Kier alpha value is -1.88. The van der Waals surface area contributed by atoms with Gasteiger partial charge >= 0.3 is 0 Å². The molecule has 2 unspecified atom stereocenters. The first-order valence-corrected chi connectivity index (χ1v) is 7.56. The molecule has 2 fully saturated rings. The van der Waals surface area contributed by atoms with E-state index in [9.17, 15) is 9.59 Å². The third kappa shape index (κ3) is 2.31. The third-order valence-corrected chi connectivity index (χ3v) is 4.40. The maximum absolute atomic E-state index is 12.2. The molecule has 1 N–H and O–H groups in total. The number of hydrogen-bond acceptors (Lipinski definition) is 4. The van der Waals surface area contributed by atoms with Gasteiger partial charge < -0.3 is 10.1 Å². The number of rotatable bonds is 4. The van der Waals surface area contributed by atoms with Crippen LogP contribution in [0.4, 0.5) is 0 Å². The van der Waals surface area contributed by atoms with E-state index in [0.717, 1.165) is 25.0 Å². The molecule has 21 heavy (non-hydrogen) atoms. The zero-order valence-electron chi connectivity index (χ0n) is 11.7. The summed E-state index contributed by atoms with van der Waals surface area (Å²) in [5.74, 6) is 0.839. The predicted octanol–water partition coefficient (Wildman–Crippen LogP) is 0.870. The Balaban J connectivity index is 1.34. The van der Waals surface area contributed by atoms with E-state index in [-0.39, 0.29) is 36.4 Å². The summed E-state index contributed by atoms with van der Waals surface area (Å²) in [6.07, 6.45) is 3.11. The van der Waals surface area contributed by atoms with E-state index in [4.69, 9.17) is 4.74 Å². The van der Waals surface area contributed by atoms with Crippen LogP contribution in [0.3, 0.4) is 0 Å². The fraction of sp³-hybridized carbons (Fsp3) is 0.500. The van der Waals surface area contributed by atoms with Crippen molar-refractivity contribution in [2.75, 3.05) is 6.54 Å². The normalized spacial score (nSPS) is 27.9. The van der Waals surface area contributed by atoms with Gasteiger partial charge in [-0.1, -0.05) is 18.2 Å². The number of para-hydroxylation sites is 1. The van der Waals surface area contributed by atoms with Gasteiger partial charge in [0, 0.05) is 19.0 Å². The number of ether oxygens (including phenoxy) is 1. The van der Waals surface area contributed by atoms with Crippen molar-refractivity contribution in [3.63, 3.8) is 0 Å². The molecule has 2 amide bonds. The van der Waals surface area contributed by atoms with Crippen molar-refractivity contribution in [1.29, 1.82) is 0 Å². The van der Waals surface area contributed by atoms with Crippen LogP contribution >= 0.6 is 0 Å². The number of nitrogens with zero attached hydrogens (tertiary/aromatic N) is 1. The van der Waals surface area contributed by atoms with Gasteiger partial charge in [0.25, 0.3) is 0 Å². The molecule has 2 heterocycles. The number of carbonyl (C=O) groups is 2. The molecule has 110 valence electrons. The molecule has 3 aliphatic rings. The maximum Gasteiger partial charge on any atom is 0.247 e. The van der Waals surface area contributed by atoms with Crippen LogP contribution in [0.15, 0.2) is 24.3 Å². The minimum atomic E-state index is -0.370. The van der Waals surface area contributed by atoms with E-state index in [1.807, 2.05) is 18.2 Å². The lowest BCUT2D eigenvalue weighted by molar-refractivity contribution is -0.139. The number of hydrogen-bond donors (Lipinski definition) is 1. The van der Waals surface area contributed by atoms with Gasteiger partial charge in [-0.05, 0) is 24.5 Å². The molecule has 0 spiro atoms. The van der Waals surface area contributed by atoms with Crippen molar-refractivity contribution in [3.8, 4) is 5.75 Å². The zero-order chi connectivity index (χ0) is 14.4. The molecule has 1 saturated carbocycles. The Labute approximate surface area is 123 Å². The van der Waals surface area contributed by atoms with Crippen LogP contribution in [0.1, 0.15) is 24.8 Å². The summed E-state index contributed by atoms with van der Waals surface area (Å²) >= 11 is 0. The second-order valence-electron chi connectivity index (χ2n) is 6.05. The predicted molar refractivity (Wildman–Crippen MR) is 75.8 cm³/mol. The summed E-state index contributed by atoms with van der Waals surface area (Å²) in [6, 6.07) is 7.80. The summed E-state index contributed by atoms with van der Waals surface area (Å²) in [4.78, 5) is 25.6. The van der Waals surface area contributed by atoms with Gasteiger partial charge in [0.1, 0.15) is 11.9 Å². The maximum atomic E-state index is 12.2. The summed E-state index contributed by atoms with van der Waals surface area (Å²) in [7, 11) is 0. The van der Waals surface area contributed by atoms with Crippen molar-refractivity contribution in [2.45, 2.75) is 43.9 Å². The van der Waals surface area contributed by atoms with Crippen LogP contribution < -0.4 is 10.1 Å². The SMILES string of the molecule is O=C1CC(NCC2Cc3ccccc3O2)C(=O)N1C1CC1. The molecular weight excluding hydrogens is 268 g/mol. The second kappa shape index (κ2) is 4.84. The van der Waals surface area contributed by atoms with E-state index < -0.39 is 0 Å². The van der Waals surface area contributed by atoms with Gasteiger partial charge in [-0.25, -0.2) is 0 Å². The first kappa shape index (κ1) is 12.8. The van der Waals surface area contributed by atoms with Crippen LogP contribution in [0.25, 0.3) is 0 Å². The number of benzene rings is 1. The van der Waals surface area contributed by atoms with Crippen molar-refractivity contribution in [1.82, 2.24) is 10.2 Å². The number of carbonyl (C=O) groups excluding carboxylic acids is 2. The van der Waals surface area contributed by atoms with Crippen LogP contribution in [0.5, 0.6) is 5.75 Å². The zero-order valence-corrected chi connectivity index (χ0v) is 11.7. The van der Waals surface area contributed by atoms with E-state index in [2.05, 4.69) is 11.4 Å². The van der Waals surface area contributed by atoms with E-state index in [1.54, 1.807) is 0 Å². The average molecular weight is 286 g/mol. The van der Waals surface area contributed by atoms with Crippen molar-refractivity contribution in [2.24, 2.45) is 0 Å². The highest BCUT2D eigenvalue weighted by molar-refractivity contribution is 6.06. The van der Waals surface area contributed by atoms with Crippen LogP contribution in [0, 0.1) is 0 Å². The molecule has 1 aromatic carbocycles. The Kier molecular flexibility index (Phi) is 2.96. The summed E-state index contributed by atoms with van der Waals surface area (Å²) < 4.78 is 5.84. The van der Waals surface area contributed by atoms with Gasteiger partial charge in [-0.3, -0.25) is 14.5 Å². The minimum absolute atomic E-state index is 0.0318. The summed E-state index contributed by atoms with van der Waals surface area (Å²) in [5, 5.41) is 3.21. The monoisotopic (exact) mass is 286 g/mol. The topological polar surface area (TPSA) is 58.6 Å². The van der Waals surface area contributed by atoms with E-state index >= 15 is 0 Å². The quantitative estimate of drug-likeness (QED) is 0.834.